The number of halogens is 1. The van der Waals surface area contributed by atoms with Crippen LogP contribution in [-0.4, -0.2) is 38.2 Å². The van der Waals surface area contributed by atoms with Gasteiger partial charge >= 0.3 is 0 Å². The second kappa shape index (κ2) is 8.71. The second-order valence-electron chi connectivity index (χ2n) is 6.65. The van der Waals surface area contributed by atoms with Crippen LogP contribution in [0.3, 0.4) is 0 Å². The lowest BCUT2D eigenvalue weighted by atomic mass is 10.3. The number of hydrogen-bond acceptors (Lipinski definition) is 5. The van der Waals surface area contributed by atoms with Gasteiger partial charge in [0, 0.05) is 28.3 Å². The Balaban J connectivity index is 1.50. The van der Waals surface area contributed by atoms with Crippen molar-refractivity contribution in [2.75, 3.05) is 11.9 Å². The fourth-order valence-electron chi connectivity index (χ4n) is 3.04. The Morgan fingerprint density at radius 2 is 1.87 bits per heavy atom. The summed E-state index contributed by atoms with van der Waals surface area (Å²) in [6, 6.07) is 16.8. The summed E-state index contributed by atoms with van der Waals surface area (Å²) < 4.78 is 1.82. The Bertz CT molecular complexity index is 1200. The number of anilines is 1. The first-order valence-corrected chi connectivity index (χ1v) is 10.4. The number of rotatable bonds is 5. The number of carbonyl (C=O) groups is 3. The summed E-state index contributed by atoms with van der Waals surface area (Å²) in [4.78, 5) is 38.5. The van der Waals surface area contributed by atoms with Gasteiger partial charge in [-0.3, -0.25) is 19.3 Å². The minimum absolute atomic E-state index is 0.148. The van der Waals surface area contributed by atoms with Crippen molar-refractivity contribution in [3.05, 3.63) is 82.5 Å². The smallest absolute Gasteiger partial charge is 0.294 e. The molecule has 1 saturated heterocycles. The van der Waals surface area contributed by atoms with Crippen LogP contribution in [0.5, 0.6) is 5.75 Å². The zero-order valence-corrected chi connectivity index (χ0v) is 17.6. The molecule has 0 saturated carbocycles. The first-order valence-electron chi connectivity index (χ1n) is 9.18. The standard InChI is InChI=1S/C22H16ClN3O4S/c23-14-3-1-4-15(11-14)24-20(28)13-26-21(29)19(31-22(26)30)12-17-5-2-10-25(17)16-6-8-18(27)9-7-16/h1-12,27H,13H2,(H,24,28)/b19-12-. The molecule has 0 unspecified atom stereocenters. The van der Waals surface area contributed by atoms with Crippen molar-refractivity contribution < 1.29 is 19.5 Å². The quantitative estimate of drug-likeness (QED) is 0.554. The normalized spacial score (nSPS) is 15.0. The summed E-state index contributed by atoms with van der Waals surface area (Å²) in [6.45, 7) is -0.395. The lowest BCUT2D eigenvalue weighted by Gasteiger charge is -2.12. The lowest BCUT2D eigenvalue weighted by Crippen LogP contribution is -2.36. The highest BCUT2D eigenvalue weighted by Gasteiger charge is 2.36. The molecule has 1 aromatic heterocycles. The van der Waals surface area contributed by atoms with Gasteiger partial charge in [0.15, 0.2) is 0 Å². The second-order valence-corrected chi connectivity index (χ2v) is 8.08. The molecule has 0 atom stereocenters. The zero-order valence-electron chi connectivity index (χ0n) is 16.0. The third-order valence-corrected chi connectivity index (χ3v) is 5.61. The third-order valence-electron chi connectivity index (χ3n) is 4.47. The molecule has 3 aromatic rings. The zero-order chi connectivity index (χ0) is 22.0. The van der Waals surface area contributed by atoms with E-state index in [1.807, 2.05) is 4.57 Å². The number of aromatic nitrogens is 1. The lowest BCUT2D eigenvalue weighted by molar-refractivity contribution is -0.127. The van der Waals surface area contributed by atoms with Gasteiger partial charge in [0.05, 0.1) is 4.91 Å². The number of aromatic hydroxyl groups is 1. The Morgan fingerprint density at radius 3 is 2.61 bits per heavy atom. The van der Waals surface area contributed by atoms with Gasteiger partial charge in [-0.1, -0.05) is 17.7 Å². The van der Waals surface area contributed by atoms with E-state index in [9.17, 15) is 19.5 Å². The molecule has 9 heteroatoms. The molecule has 2 N–H and O–H groups in total. The fourth-order valence-corrected chi connectivity index (χ4v) is 4.05. The van der Waals surface area contributed by atoms with Crippen LogP contribution in [-0.2, 0) is 9.59 Å². The van der Waals surface area contributed by atoms with E-state index in [1.54, 1.807) is 72.9 Å². The molecule has 1 aliphatic heterocycles. The van der Waals surface area contributed by atoms with Crippen molar-refractivity contribution in [2.45, 2.75) is 0 Å². The van der Waals surface area contributed by atoms with E-state index < -0.39 is 23.6 Å². The van der Waals surface area contributed by atoms with Crippen molar-refractivity contribution in [1.29, 1.82) is 0 Å². The van der Waals surface area contributed by atoms with Gasteiger partial charge in [0.25, 0.3) is 11.1 Å². The Morgan fingerprint density at radius 1 is 1.10 bits per heavy atom. The highest BCUT2D eigenvalue weighted by Crippen LogP contribution is 2.32. The molecule has 0 bridgehead atoms. The van der Waals surface area contributed by atoms with Gasteiger partial charge in [-0.15, -0.1) is 0 Å². The van der Waals surface area contributed by atoms with E-state index in [0.29, 0.717) is 16.4 Å². The summed E-state index contributed by atoms with van der Waals surface area (Å²) in [5.41, 5.74) is 1.94. The SMILES string of the molecule is O=C(CN1C(=O)S/C(=C\c2cccn2-c2ccc(O)cc2)C1=O)Nc1cccc(Cl)c1. The molecule has 1 fully saturated rings. The summed E-state index contributed by atoms with van der Waals surface area (Å²) in [7, 11) is 0. The van der Waals surface area contributed by atoms with Crippen LogP contribution in [0.1, 0.15) is 5.69 Å². The summed E-state index contributed by atoms with van der Waals surface area (Å²) in [5.74, 6) is -0.886. The minimum Gasteiger partial charge on any atom is -0.508 e. The number of amides is 3. The molecular weight excluding hydrogens is 438 g/mol. The van der Waals surface area contributed by atoms with Gasteiger partial charge < -0.3 is 15.0 Å². The third kappa shape index (κ3) is 4.65. The van der Waals surface area contributed by atoms with Crippen molar-refractivity contribution >= 4 is 52.2 Å². The summed E-state index contributed by atoms with van der Waals surface area (Å²) >= 11 is 6.68. The number of benzene rings is 2. The highest BCUT2D eigenvalue weighted by molar-refractivity contribution is 8.18. The van der Waals surface area contributed by atoms with Gasteiger partial charge in [-0.2, -0.15) is 0 Å². The average Bonchev–Trinajstić information content (AvgIpc) is 3.29. The molecule has 0 aliphatic carbocycles. The Labute approximate surface area is 186 Å². The Hall–Kier alpha value is -3.49. The van der Waals surface area contributed by atoms with Gasteiger partial charge in [-0.05, 0) is 72.4 Å². The van der Waals surface area contributed by atoms with E-state index >= 15 is 0 Å². The van der Waals surface area contributed by atoms with Gasteiger partial charge in [0.1, 0.15) is 12.3 Å². The van der Waals surface area contributed by atoms with Crippen LogP contribution in [0.2, 0.25) is 5.02 Å². The van der Waals surface area contributed by atoms with Crippen LogP contribution < -0.4 is 5.32 Å². The number of nitrogens with one attached hydrogen (secondary N) is 1. The van der Waals surface area contributed by atoms with Gasteiger partial charge in [0.2, 0.25) is 5.91 Å². The average molecular weight is 454 g/mol. The molecular formula is C22H16ClN3O4S. The first-order chi connectivity index (χ1) is 14.9. The number of thioether (sulfide) groups is 1. The van der Waals surface area contributed by atoms with Crippen LogP contribution in [0.4, 0.5) is 10.5 Å². The van der Waals surface area contributed by atoms with E-state index in [2.05, 4.69) is 5.32 Å². The molecule has 0 spiro atoms. The van der Waals surface area contributed by atoms with Crippen LogP contribution in [0, 0.1) is 0 Å². The predicted molar refractivity (Wildman–Crippen MR) is 120 cm³/mol. The molecule has 31 heavy (non-hydrogen) atoms. The first kappa shape index (κ1) is 20.8. The minimum atomic E-state index is -0.533. The van der Waals surface area contributed by atoms with E-state index in [-0.39, 0.29) is 10.7 Å². The van der Waals surface area contributed by atoms with Gasteiger partial charge in [-0.25, -0.2) is 0 Å². The van der Waals surface area contributed by atoms with Crippen molar-refractivity contribution in [3.63, 3.8) is 0 Å². The molecule has 4 rings (SSSR count). The van der Waals surface area contributed by atoms with Crippen LogP contribution in [0.15, 0.2) is 71.8 Å². The maximum atomic E-state index is 12.7. The van der Waals surface area contributed by atoms with E-state index in [4.69, 9.17) is 11.6 Å². The van der Waals surface area contributed by atoms with Crippen LogP contribution in [0.25, 0.3) is 11.8 Å². The molecule has 2 heterocycles. The molecule has 1 aliphatic rings. The topological polar surface area (TPSA) is 91.6 Å². The maximum absolute atomic E-state index is 12.7. The number of phenolic OH excluding ortho intramolecular Hbond substituents is 1. The summed E-state index contributed by atoms with van der Waals surface area (Å²) in [5, 5.41) is 12.0. The number of carbonyl (C=O) groups excluding carboxylic acids is 3. The molecule has 2 aromatic carbocycles. The predicted octanol–water partition coefficient (Wildman–Crippen LogP) is 4.51. The largest absolute Gasteiger partial charge is 0.508 e. The van der Waals surface area contributed by atoms with E-state index in [1.165, 1.54) is 0 Å². The highest BCUT2D eigenvalue weighted by atomic mass is 35.5. The Kier molecular flexibility index (Phi) is 5.83. The number of phenols is 1. The van der Waals surface area contributed by atoms with Crippen molar-refractivity contribution in [3.8, 4) is 11.4 Å². The monoisotopic (exact) mass is 453 g/mol. The maximum Gasteiger partial charge on any atom is 0.294 e. The van der Waals surface area contributed by atoms with Crippen LogP contribution >= 0.6 is 23.4 Å². The fraction of sp³-hybridized carbons (Fsp3) is 0.0455. The number of imide groups is 1. The number of nitrogens with zero attached hydrogens (tertiary/aromatic N) is 2. The van der Waals surface area contributed by atoms with Crippen molar-refractivity contribution in [1.82, 2.24) is 9.47 Å². The number of hydrogen-bond donors (Lipinski definition) is 2. The molecule has 0 radical (unpaired) electrons. The molecule has 3 amide bonds. The summed E-state index contributed by atoms with van der Waals surface area (Å²) in [6.07, 6.45) is 3.41. The van der Waals surface area contributed by atoms with Crippen molar-refractivity contribution in [2.24, 2.45) is 0 Å². The molecule has 7 nitrogen and oxygen atoms in total. The van der Waals surface area contributed by atoms with E-state index in [0.717, 1.165) is 22.3 Å². The molecule has 156 valence electrons.